The van der Waals surface area contributed by atoms with Crippen LogP contribution in [0.15, 0.2) is 24.3 Å². The summed E-state index contributed by atoms with van der Waals surface area (Å²) in [5.41, 5.74) is -0.667. The predicted octanol–water partition coefficient (Wildman–Crippen LogP) is 4.89. The maximum atomic E-state index is 13.3. The first-order valence-electron chi connectivity index (χ1n) is 9.03. The van der Waals surface area contributed by atoms with E-state index in [9.17, 15) is 13.2 Å². The smallest absolute Gasteiger partial charge is 0.308 e. The molecule has 0 saturated carbocycles. The van der Waals surface area contributed by atoms with Gasteiger partial charge in [0.1, 0.15) is 10.3 Å². The van der Waals surface area contributed by atoms with Gasteiger partial charge in [0.2, 0.25) is 0 Å². The molecule has 5 nitrogen and oxygen atoms in total. The van der Waals surface area contributed by atoms with Gasteiger partial charge in [0.05, 0.1) is 16.5 Å². The Labute approximate surface area is 191 Å². The Bertz CT molecular complexity index is 962. The molecule has 0 bridgehead atoms. The first kappa shape index (κ1) is 24.6. The van der Waals surface area contributed by atoms with E-state index in [4.69, 9.17) is 16.3 Å². The maximum absolute atomic E-state index is 13.3. The quantitative estimate of drug-likeness (QED) is 0.608. The van der Waals surface area contributed by atoms with Gasteiger partial charge in [-0.3, -0.25) is 4.79 Å². The highest BCUT2D eigenvalue weighted by Gasteiger charge is 2.49. The van der Waals surface area contributed by atoms with E-state index >= 15 is 0 Å². The second-order valence-electron chi connectivity index (χ2n) is 7.84. The molecule has 0 radical (unpaired) electrons. The molecule has 2 aromatic rings. The van der Waals surface area contributed by atoms with Crippen molar-refractivity contribution in [1.29, 1.82) is 0 Å². The molecule has 162 valence electrons. The number of esters is 1. The minimum Gasteiger partial charge on any atom is -0.460 e. The minimum atomic E-state index is -3.56. The lowest BCUT2D eigenvalue weighted by Crippen LogP contribution is -2.40. The molecule has 1 saturated heterocycles. The molecule has 3 rings (SSSR count). The summed E-state index contributed by atoms with van der Waals surface area (Å²) in [5, 5.41) is 3.15. The summed E-state index contributed by atoms with van der Waals surface area (Å²) in [5.74, 6) is -0.500. The first-order chi connectivity index (χ1) is 13.0. The van der Waals surface area contributed by atoms with Gasteiger partial charge in [-0.1, -0.05) is 11.6 Å². The molecule has 0 aromatic carbocycles. The Morgan fingerprint density at radius 3 is 2.45 bits per heavy atom. The van der Waals surface area contributed by atoms with Crippen molar-refractivity contribution < 1.29 is 17.9 Å². The maximum Gasteiger partial charge on any atom is 0.308 e. The van der Waals surface area contributed by atoms with E-state index in [1.807, 2.05) is 24.3 Å². The SMILES string of the molecule is CC(C)(C)OC(=O)CC1(c2ccc(-c3ccc(Cl)s3)s2)CCNCCS1(=O)=O.Cl. The monoisotopic (exact) mass is 497 g/mol. The number of thiophene rings is 2. The standard InChI is InChI=1S/C19H24ClNO4S3.ClH/c1-18(2,3)25-17(22)12-19(8-9-21-10-11-28(19,23)24)15-6-4-13(26-15)14-5-7-16(20)27-14;/h4-7,21H,8-12H2,1-3H3;1H. The zero-order chi connectivity index (χ0) is 20.6. The van der Waals surface area contributed by atoms with Crippen LogP contribution in [-0.4, -0.2) is 38.8 Å². The van der Waals surface area contributed by atoms with E-state index in [0.717, 1.165) is 9.75 Å². The number of ether oxygens (including phenoxy) is 1. The third kappa shape index (κ3) is 5.54. The number of halogens is 2. The lowest BCUT2D eigenvalue weighted by atomic mass is 9.97. The largest absolute Gasteiger partial charge is 0.460 e. The number of sulfone groups is 1. The molecule has 1 unspecified atom stereocenters. The number of hydrogen-bond donors (Lipinski definition) is 1. The lowest BCUT2D eigenvalue weighted by molar-refractivity contribution is -0.155. The van der Waals surface area contributed by atoms with Gasteiger partial charge in [-0.2, -0.15) is 0 Å². The molecule has 1 N–H and O–H groups in total. The average Bonchev–Trinajstić information content (AvgIpc) is 3.17. The molecule has 0 spiro atoms. The molecule has 10 heteroatoms. The van der Waals surface area contributed by atoms with Crippen molar-refractivity contribution in [2.75, 3.05) is 18.8 Å². The van der Waals surface area contributed by atoms with Gasteiger partial charge in [-0.05, 0) is 58.0 Å². The van der Waals surface area contributed by atoms with Crippen molar-refractivity contribution in [3.8, 4) is 9.75 Å². The Morgan fingerprint density at radius 2 is 1.83 bits per heavy atom. The molecular formula is C19H25Cl2NO4S3. The Kier molecular flexibility index (Phi) is 7.85. The molecule has 2 aromatic heterocycles. The van der Waals surface area contributed by atoms with Gasteiger partial charge in [-0.15, -0.1) is 35.1 Å². The third-order valence-electron chi connectivity index (χ3n) is 4.57. The van der Waals surface area contributed by atoms with Crippen LogP contribution in [-0.2, 0) is 24.1 Å². The van der Waals surface area contributed by atoms with E-state index in [0.29, 0.717) is 28.7 Å². The van der Waals surface area contributed by atoms with Crippen LogP contribution in [0.2, 0.25) is 4.34 Å². The molecule has 1 atom stereocenters. The van der Waals surface area contributed by atoms with Gasteiger partial charge in [0.25, 0.3) is 0 Å². The van der Waals surface area contributed by atoms with Crippen LogP contribution in [0.4, 0.5) is 0 Å². The van der Waals surface area contributed by atoms with Crippen LogP contribution in [0.25, 0.3) is 9.75 Å². The highest BCUT2D eigenvalue weighted by Crippen LogP contribution is 2.46. The van der Waals surface area contributed by atoms with Crippen molar-refractivity contribution in [2.45, 2.75) is 44.0 Å². The van der Waals surface area contributed by atoms with Crippen LogP contribution in [0.5, 0.6) is 0 Å². The zero-order valence-electron chi connectivity index (χ0n) is 16.5. The zero-order valence-corrected chi connectivity index (χ0v) is 20.5. The van der Waals surface area contributed by atoms with Gasteiger partial charge >= 0.3 is 5.97 Å². The lowest BCUT2D eigenvalue weighted by Gasteiger charge is -2.31. The van der Waals surface area contributed by atoms with E-state index in [1.54, 1.807) is 20.8 Å². The van der Waals surface area contributed by atoms with Gasteiger partial charge in [0.15, 0.2) is 9.84 Å². The molecule has 29 heavy (non-hydrogen) atoms. The van der Waals surface area contributed by atoms with Crippen molar-refractivity contribution in [3.63, 3.8) is 0 Å². The second kappa shape index (κ2) is 9.24. The van der Waals surface area contributed by atoms with Gasteiger partial charge in [0, 0.05) is 21.2 Å². The van der Waals surface area contributed by atoms with Crippen LogP contribution in [0.1, 0.15) is 38.5 Å². The molecule has 1 fully saturated rings. The second-order valence-corrected chi connectivity index (χ2v) is 13.1. The van der Waals surface area contributed by atoms with Crippen LogP contribution in [0, 0.1) is 0 Å². The first-order valence-corrected chi connectivity index (χ1v) is 12.7. The molecule has 0 amide bonds. The normalized spacial score (nSPS) is 21.8. The van der Waals surface area contributed by atoms with E-state index < -0.39 is 26.2 Å². The fraction of sp³-hybridized carbons (Fsp3) is 0.526. The molecular weight excluding hydrogens is 473 g/mol. The summed E-state index contributed by atoms with van der Waals surface area (Å²) in [7, 11) is -3.56. The number of carbonyl (C=O) groups excluding carboxylic acids is 1. The Balaban J connectivity index is 0.00000300. The highest BCUT2D eigenvalue weighted by molar-refractivity contribution is 7.92. The summed E-state index contributed by atoms with van der Waals surface area (Å²) in [4.78, 5) is 15.3. The Hall–Kier alpha value is -0.640. The van der Waals surface area contributed by atoms with Crippen LogP contribution >= 0.6 is 46.7 Å². The fourth-order valence-electron chi connectivity index (χ4n) is 3.31. The highest BCUT2D eigenvalue weighted by atomic mass is 35.5. The van der Waals surface area contributed by atoms with E-state index in [1.165, 1.54) is 22.7 Å². The molecule has 1 aliphatic rings. The van der Waals surface area contributed by atoms with E-state index in [2.05, 4.69) is 5.32 Å². The summed E-state index contributed by atoms with van der Waals surface area (Å²) < 4.78 is 31.5. The molecule has 0 aliphatic carbocycles. The van der Waals surface area contributed by atoms with Crippen LogP contribution < -0.4 is 5.32 Å². The molecule has 3 heterocycles. The average molecular weight is 499 g/mol. The van der Waals surface area contributed by atoms with Crippen molar-refractivity contribution in [3.05, 3.63) is 33.5 Å². The minimum absolute atomic E-state index is 0. The number of carbonyl (C=O) groups is 1. The summed E-state index contributed by atoms with van der Waals surface area (Å²) in [6.45, 7) is 6.26. The van der Waals surface area contributed by atoms with Crippen molar-refractivity contribution >= 4 is 62.5 Å². The molecule has 1 aliphatic heterocycles. The third-order valence-corrected chi connectivity index (χ3v) is 9.92. The van der Waals surface area contributed by atoms with Gasteiger partial charge < -0.3 is 10.1 Å². The van der Waals surface area contributed by atoms with Crippen LogP contribution in [0.3, 0.4) is 0 Å². The van der Waals surface area contributed by atoms with E-state index in [-0.39, 0.29) is 24.6 Å². The van der Waals surface area contributed by atoms with Gasteiger partial charge in [-0.25, -0.2) is 8.42 Å². The summed E-state index contributed by atoms with van der Waals surface area (Å²) in [6.07, 6.45) is 0.152. The van der Waals surface area contributed by atoms with Crippen molar-refractivity contribution in [2.24, 2.45) is 0 Å². The van der Waals surface area contributed by atoms with Crippen molar-refractivity contribution in [1.82, 2.24) is 5.32 Å². The predicted molar refractivity (Wildman–Crippen MR) is 123 cm³/mol. The topological polar surface area (TPSA) is 72.5 Å². The Morgan fingerprint density at radius 1 is 1.17 bits per heavy atom. The number of rotatable bonds is 4. The fourth-order valence-corrected chi connectivity index (χ4v) is 7.99. The number of hydrogen-bond acceptors (Lipinski definition) is 7. The summed E-state index contributed by atoms with van der Waals surface area (Å²) in [6, 6.07) is 7.49. The summed E-state index contributed by atoms with van der Waals surface area (Å²) >= 11 is 8.91. The number of nitrogens with one attached hydrogen (secondary N) is 1.